The van der Waals surface area contributed by atoms with Gasteiger partial charge in [0.25, 0.3) is 5.56 Å². The highest BCUT2D eigenvalue weighted by Crippen LogP contribution is 2.36. The Morgan fingerprint density at radius 2 is 1.76 bits per heavy atom. The Morgan fingerprint density at radius 3 is 2.45 bits per heavy atom. The second kappa shape index (κ2) is 16.0. The fraction of sp³-hybridized carbons (Fsp3) is 0.222. The summed E-state index contributed by atoms with van der Waals surface area (Å²) in [6.45, 7) is -1.14. The number of anilines is 1. The van der Waals surface area contributed by atoms with Gasteiger partial charge in [0, 0.05) is 46.1 Å². The molecule has 13 nitrogen and oxygen atoms in total. The van der Waals surface area contributed by atoms with Crippen LogP contribution in [0.5, 0.6) is 0 Å². The summed E-state index contributed by atoms with van der Waals surface area (Å²) in [6, 6.07) is 16.9. The molecule has 0 radical (unpaired) electrons. The lowest BCUT2D eigenvalue weighted by molar-refractivity contribution is -0.192. The van der Waals surface area contributed by atoms with E-state index in [0.29, 0.717) is 57.2 Å². The first-order chi connectivity index (χ1) is 26.2. The second-order valence-electron chi connectivity index (χ2n) is 12.4. The smallest absolute Gasteiger partial charge is 0.475 e. The number of nitrogens with one attached hydrogen (secondary N) is 1. The molecular weight excluding hydrogens is 753 g/mol. The first-order valence-corrected chi connectivity index (χ1v) is 16.9. The summed E-state index contributed by atoms with van der Waals surface area (Å²) in [5.74, 6) is -3.45. The van der Waals surface area contributed by atoms with Crippen molar-refractivity contribution in [1.29, 1.82) is 0 Å². The predicted molar refractivity (Wildman–Crippen MR) is 189 cm³/mol. The van der Waals surface area contributed by atoms with Crippen molar-refractivity contribution >= 4 is 29.2 Å². The summed E-state index contributed by atoms with van der Waals surface area (Å²) in [4.78, 5) is 44.6. The fourth-order valence-corrected chi connectivity index (χ4v) is 6.16. The van der Waals surface area contributed by atoms with Crippen LogP contribution in [0.1, 0.15) is 44.3 Å². The van der Waals surface area contributed by atoms with Gasteiger partial charge in [-0.2, -0.15) is 27.1 Å². The minimum absolute atomic E-state index is 0.0841. The molecule has 0 fully saturated rings. The maximum absolute atomic E-state index is 14.0. The Bertz CT molecular complexity index is 2400. The molecule has 19 heteroatoms. The molecule has 2 atom stereocenters. The van der Waals surface area contributed by atoms with E-state index >= 15 is 0 Å². The molecular formula is C36H29ClF5N9O4. The molecule has 7 rings (SSSR count). The number of amides is 1. The quantitative estimate of drug-likeness (QED) is 0.169. The number of aliphatic carboxylic acids is 1. The number of nitrogens with zero attached hydrogens (tertiary/aromatic N) is 8. The maximum atomic E-state index is 14.0. The number of carbonyl (C=O) groups excluding carboxylic acids is 1. The molecule has 284 valence electrons. The average Bonchev–Trinajstić information content (AvgIpc) is 3.82. The first kappa shape index (κ1) is 38.4. The van der Waals surface area contributed by atoms with Crippen molar-refractivity contribution < 1.29 is 36.6 Å². The van der Waals surface area contributed by atoms with E-state index in [4.69, 9.17) is 26.5 Å². The van der Waals surface area contributed by atoms with E-state index in [2.05, 4.69) is 25.7 Å². The molecule has 0 aliphatic carbocycles. The topological polar surface area (TPSA) is 163 Å². The predicted octanol–water partition coefficient (Wildman–Crippen LogP) is 7.45. The van der Waals surface area contributed by atoms with Gasteiger partial charge in [-0.05, 0) is 54.8 Å². The fourth-order valence-electron chi connectivity index (χ4n) is 5.99. The number of benzene rings is 2. The number of hydrogen-bond acceptors (Lipinski definition) is 8. The molecule has 0 saturated carbocycles. The molecule has 6 aromatic rings. The van der Waals surface area contributed by atoms with E-state index in [9.17, 15) is 31.5 Å². The highest BCUT2D eigenvalue weighted by molar-refractivity contribution is 6.31. The van der Waals surface area contributed by atoms with Crippen molar-refractivity contribution in [3.05, 3.63) is 113 Å². The van der Waals surface area contributed by atoms with Gasteiger partial charge in [-0.3, -0.25) is 19.1 Å². The van der Waals surface area contributed by atoms with Gasteiger partial charge in [-0.25, -0.2) is 19.1 Å². The van der Waals surface area contributed by atoms with Crippen LogP contribution in [-0.2, 0) is 9.59 Å². The minimum atomic E-state index is -5.08. The average molecular weight is 782 g/mol. The van der Waals surface area contributed by atoms with Gasteiger partial charge in [0.05, 0.1) is 47.5 Å². The first-order valence-electron chi connectivity index (χ1n) is 16.5. The van der Waals surface area contributed by atoms with Crippen LogP contribution in [0, 0.1) is 5.92 Å². The number of aromatic nitrogens is 8. The van der Waals surface area contributed by atoms with E-state index in [1.807, 2.05) is 18.2 Å². The standard InChI is InChI=1S/C34H28ClF2N9O2.C2HF3O2/c1-20-5-2-9-29(21-6-3-7-22(13-21)32-27(41-33(20)48)17-40-46(32)34(36)37)44-19-39-26(15-31(44)47)25-14-24(35)10-11-30(25)45-18-28(42-43-45)23-8-4-12-38-16-23;3-2(4,5)1(6)7/h3-4,6-8,10-20,29,34H,2,5,9H2,1H3,(H,41,48);(H,6,7)/t20-,29+;/m1./s1. The number of halogens is 6. The zero-order valence-corrected chi connectivity index (χ0v) is 29.3. The van der Waals surface area contributed by atoms with Crippen LogP contribution in [0.15, 0.2) is 96.6 Å². The Morgan fingerprint density at radius 1 is 1.00 bits per heavy atom. The highest BCUT2D eigenvalue weighted by atomic mass is 35.5. The van der Waals surface area contributed by atoms with Crippen molar-refractivity contribution in [1.82, 2.24) is 39.3 Å². The number of alkyl halides is 5. The van der Waals surface area contributed by atoms with Crippen LogP contribution in [0.4, 0.5) is 27.6 Å². The third kappa shape index (κ3) is 8.59. The lowest BCUT2D eigenvalue weighted by Crippen LogP contribution is -2.26. The zero-order chi connectivity index (χ0) is 39.4. The third-order valence-corrected chi connectivity index (χ3v) is 8.93. The Balaban J connectivity index is 0.000000672. The lowest BCUT2D eigenvalue weighted by atomic mass is 9.94. The molecule has 0 spiro atoms. The van der Waals surface area contributed by atoms with E-state index in [1.165, 1.54) is 23.2 Å². The van der Waals surface area contributed by atoms with E-state index in [-0.39, 0.29) is 22.8 Å². The van der Waals surface area contributed by atoms with Gasteiger partial charge in [0.2, 0.25) is 5.91 Å². The summed E-state index contributed by atoms with van der Waals surface area (Å²) in [7, 11) is 0. The summed E-state index contributed by atoms with van der Waals surface area (Å²) >= 11 is 6.41. The van der Waals surface area contributed by atoms with Crippen LogP contribution < -0.4 is 10.9 Å². The third-order valence-electron chi connectivity index (χ3n) is 8.69. The van der Waals surface area contributed by atoms with Crippen molar-refractivity contribution in [3.8, 4) is 39.5 Å². The van der Waals surface area contributed by atoms with Crippen molar-refractivity contribution in [2.75, 3.05) is 5.32 Å². The molecule has 2 aromatic carbocycles. The normalized spacial score (nSPS) is 15.9. The van der Waals surface area contributed by atoms with Gasteiger partial charge in [0.15, 0.2) is 0 Å². The number of fused-ring (bicyclic) bond motifs is 4. The molecule has 0 saturated heterocycles. The number of rotatable bonds is 5. The number of carboxylic acid groups (broad SMARTS) is 1. The molecule has 5 heterocycles. The van der Waals surface area contributed by atoms with E-state index in [1.54, 1.807) is 66.6 Å². The highest BCUT2D eigenvalue weighted by Gasteiger charge is 2.38. The summed E-state index contributed by atoms with van der Waals surface area (Å²) in [6.07, 6.45) is 4.40. The maximum Gasteiger partial charge on any atom is 0.490 e. The number of carbonyl (C=O) groups is 2. The Hall–Kier alpha value is -6.30. The Kier molecular flexibility index (Phi) is 11.2. The van der Waals surface area contributed by atoms with E-state index in [0.717, 1.165) is 11.1 Å². The zero-order valence-electron chi connectivity index (χ0n) is 28.5. The van der Waals surface area contributed by atoms with Gasteiger partial charge in [-0.15, -0.1) is 5.10 Å². The molecule has 0 unspecified atom stereocenters. The van der Waals surface area contributed by atoms with Crippen molar-refractivity contribution in [3.63, 3.8) is 0 Å². The van der Waals surface area contributed by atoms with Crippen LogP contribution >= 0.6 is 11.6 Å². The van der Waals surface area contributed by atoms with Gasteiger partial charge in [0.1, 0.15) is 5.69 Å². The minimum Gasteiger partial charge on any atom is -0.475 e. The molecule has 1 aliphatic rings. The van der Waals surface area contributed by atoms with Crippen LogP contribution in [-0.4, -0.2) is 62.5 Å². The van der Waals surface area contributed by atoms with E-state index < -0.39 is 30.7 Å². The number of pyridine rings is 1. The SMILES string of the molecule is C[C@@H]1CCC[C@H](n2cnc(-c3cc(Cl)ccc3-n3cc(-c4cccnc4)nn3)cc2=O)c2cccc(c2)-c2c(cnn2C(F)F)NC1=O.O=C(O)C(F)(F)F. The Labute approximate surface area is 313 Å². The molecule has 2 N–H and O–H groups in total. The van der Waals surface area contributed by atoms with Gasteiger partial charge < -0.3 is 10.4 Å². The molecule has 4 aromatic heterocycles. The molecule has 1 aliphatic heterocycles. The van der Waals surface area contributed by atoms with Crippen LogP contribution in [0.3, 0.4) is 0 Å². The van der Waals surface area contributed by atoms with Crippen LogP contribution in [0.25, 0.3) is 39.5 Å². The number of carboxylic acids is 1. The monoisotopic (exact) mass is 781 g/mol. The largest absolute Gasteiger partial charge is 0.490 e. The van der Waals surface area contributed by atoms with Crippen molar-refractivity contribution in [2.24, 2.45) is 5.92 Å². The lowest BCUT2D eigenvalue weighted by Gasteiger charge is -2.23. The summed E-state index contributed by atoms with van der Waals surface area (Å²) in [5.41, 5.74) is 4.09. The van der Waals surface area contributed by atoms with Gasteiger partial charge in [-0.1, -0.05) is 48.4 Å². The molecule has 2 bridgehead atoms. The molecule has 55 heavy (non-hydrogen) atoms. The van der Waals surface area contributed by atoms with Crippen LogP contribution in [0.2, 0.25) is 5.02 Å². The second-order valence-corrected chi connectivity index (χ2v) is 12.8. The van der Waals surface area contributed by atoms with Gasteiger partial charge >= 0.3 is 18.7 Å². The summed E-state index contributed by atoms with van der Waals surface area (Å²) < 4.78 is 63.5. The number of hydrogen-bond donors (Lipinski definition) is 2. The molecule has 1 amide bonds. The summed E-state index contributed by atoms with van der Waals surface area (Å²) in [5, 5.41) is 22.8. The van der Waals surface area contributed by atoms with Crippen molar-refractivity contribution in [2.45, 2.75) is 45.0 Å².